The summed E-state index contributed by atoms with van der Waals surface area (Å²) in [6.45, 7) is 24.9. The van der Waals surface area contributed by atoms with Gasteiger partial charge in [0.2, 0.25) is 0 Å². The van der Waals surface area contributed by atoms with Crippen LogP contribution < -0.4 is 5.73 Å². The molecule has 2 N–H and O–H groups in total. The summed E-state index contributed by atoms with van der Waals surface area (Å²) in [5.41, 5.74) is 6.40. The summed E-state index contributed by atoms with van der Waals surface area (Å²) in [5, 5.41) is 0. The molecule has 1 unspecified atom stereocenters. The molecule has 0 rings (SSSR count). The smallest absolute Gasteiger partial charge is 0.0547 e. The van der Waals surface area contributed by atoms with Crippen LogP contribution in [-0.4, -0.2) is 46.7 Å². The maximum absolute atomic E-state index is 6.19. The zero-order valence-electron chi connectivity index (χ0n) is 15.6. The van der Waals surface area contributed by atoms with E-state index in [4.69, 9.17) is 5.73 Å². The molecule has 0 heterocycles. The van der Waals surface area contributed by atoms with Crippen LogP contribution in [0.15, 0.2) is 0 Å². The minimum Gasteiger partial charge on any atom is -0.316 e. The Morgan fingerprint density at radius 2 is 1.30 bits per heavy atom. The number of rotatable bonds is 8. The predicted molar refractivity (Wildman–Crippen MR) is 90.9 cm³/mol. The quantitative estimate of drug-likeness (QED) is 0.692. The maximum Gasteiger partial charge on any atom is 0.0547 e. The van der Waals surface area contributed by atoms with Crippen molar-refractivity contribution in [3.63, 3.8) is 0 Å². The zero-order chi connectivity index (χ0) is 16.3. The SMILES string of the molecule is CCN(C(C)N)C(C)(C)C(C)(C)CN(C(C)C)C(C)C. The van der Waals surface area contributed by atoms with E-state index in [1.807, 2.05) is 0 Å². The molecule has 0 aliphatic heterocycles. The molecular weight excluding hydrogens is 246 g/mol. The Labute approximate surface area is 127 Å². The van der Waals surface area contributed by atoms with Crippen LogP contribution in [0.2, 0.25) is 0 Å². The molecule has 0 aliphatic rings. The van der Waals surface area contributed by atoms with Crippen molar-refractivity contribution in [2.45, 2.75) is 93.0 Å². The van der Waals surface area contributed by atoms with Gasteiger partial charge in [-0.2, -0.15) is 0 Å². The van der Waals surface area contributed by atoms with Gasteiger partial charge in [0.15, 0.2) is 0 Å². The fraction of sp³-hybridized carbons (Fsp3) is 1.00. The Hall–Kier alpha value is -0.120. The number of hydrogen-bond donors (Lipinski definition) is 1. The maximum atomic E-state index is 6.19. The van der Waals surface area contributed by atoms with Gasteiger partial charge in [-0.15, -0.1) is 0 Å². The summed E-state index contributed by atoms with van der Waals surface area (Å²) in [5.74, 6) is 0. The third-order valence-electron chi connectivity index (χ3n) is 5.11. The van der Waals surface area contributed by atoms with Crippen molar-refractivity contribution in [1.29, 1.82) is 0 Å². The lowest BCUT2D eigenvalue weighted by molar-refractivity contribution is -0.0381. The van der Waals surface area contributed by atoms with Gasteiger partial charge in [0.1, 0.15) is 0 Å². The van der Waals surface area contributed by atoms with E-state index in [0.717, 1.165) is 13.1 Å². The largest absolute Gasteiger partial charge is 0.316 e. The molecule has 0 aromatic carbocycles. The molecule has 0 aliphatic carbocycles. The van der Waals surface area contributed by atoms with Gasteiger partial charge in [-0.3, -0.25) is 9.80 Å². The highest BCUT2D eigenvalue weighted by Gasteiger charge is 2.43. The van der Waals surface area contributed by atoms with Crippen LogP contribution >= 0.6 is 0 Å². The lowest BCUT2D eigenvalue weighted by Gasteiger charge is -2.53. The average molecular weight is 286 g/mol. The van der Waals surface area contributed by atoms with E-state index in [1.54, 1.807) is 0 Å². The minimum absolute atomic E-state index is 0.0535. The third kappa shape index (κ3) is 4.44. The van der Waals surface area contributed by atoms with Gasteiger partial charge in [0.05, 0.1) is 6.17 Å². The normalized spacial score (nSPS) is 15.8. The molecule has 0 aromatic heterocycles. The molecule has 3 heteroatoms. The van der Waals surface area contributed by atoms with Crippen molar-refractivity contribution in [3.8, 4) is 0 Å². The molecule has 3 nitrogen and oxygen atoms in total. The van der Waals surface area contributed by atoms with Gasteiger partial charge in [-0.1, -0.05) is 20.8 Å². The number of nitrogens with zero attached hydrogens (tertiary/aromatic N) is 2. The molecule has 1 atom stereocenters. The first-order chi connectivity index (χ1) is 8.88. The van der Waals surface area contributed by atoms with E-state index in [0.29, 0.717) is 12.1 Å². The van der Waals surface area contributed by atoms with Gasteiger partial charge in [-0.05, 0) is 60.4 Å². The molecule has 20 heavy (non-hydrogen) atoms. The van der Waals surface area contributed by atoms with Crippen LogP contribution in [0.1, 0.15) is 69.2 Å². The van der Waals surface area contributed by atoms with Crippen molar-refractivity contribution < 1.29 is 0 Å². The second-order valence-electron chi connectivity index (χ2n) is 7.83. The van der Waals surface area contributed by atoms with Crippen molar-refractivity contribution in [1.82, 2.24) is 9.80 Å². The zero-order valence-corrected chi connectivity index (χ0v) is 15.6. The second kappa shape index (κ2) is 7.24. The molecule has 0 fully saturated rings. The molecule has 0 radical (unpaired) electrons. The van der Waals surface area contributed by atoms with Gasteiger partial charge >= 0.3 is 0 Å². The minimum atomic E-state index is 0.0535. The summed E-state index contributed by atoms with van der Waals surface area (Å²) < 4.78 is 0. The topological polar surface area (TPSA) is 32.5 Å². The Bertz CT molecular complexity index is 272. The summed E-state index contributed by atoms with van der Waals surface area (Å²) in [6, 6.07) is 1.13. The lowest BCUT2D eigenvalue weighted by Crippen LogP contribution is -2.62. The molecular formula is C17H39N3. The Kier molecular flexibility index (Phi) is 7.19. The van der Waals surface area contributed by atoms with E-state index in [1.165, 1.54) is 0 Å². The van der Waals surface area contributed by atoms with Crippen LogP contribution in [0.5, 0.6) is 0 Å². The van der Waals surface area contributed by atoms with Crippen molar-refractivity contribution in [2.24, 2.45) is 11.1 Å². The van der Waals surface area contributed by atoms with Gasteiger partial charge in [0.25, 0.3) is 0 Å². The van der Waals surface area contributed by atoms with Crippen LogP contribution in [0.3, 0.4) is 0 Å². The van der Waals surface area contributed by atoms with Crippen LogP contribution in [0.4, 0.5) is 0 Å². The van der Waals surface area contributed by atoms with Crippen molar-refractivity contribution >= 4 is 0 Å². The van der Waals surface area contributed by atoms with E-state index in [9.17, 15) is 0 Å². The number of hydrogen-bond acceptors (Lipinski definition) is 3. The van der Waals surface area contributed by atoms with Crippen LogP contribution in [0.25, 0.3) is 0 Å². The van der Waals surface area contributed by atoms with E-state index in [2.05, 4.69) is 79.0 Å². The Balaban J connectivity index is 5.27. The molecule has 0 aromatic rings. The first-order valence-corrected chi connectivity index (χ1v) is 8.16. The highest BCUT2D eigenvalue weighted by molar-refractivity contribution is 4.98. The van der Waals surface area contributed by atoms with E-state index >= 15 is 0 Å². The van der Waals surface area contributed by atoms with Gasteiger partial charge in [-0.25, -0.2) is 0 Å². The highest BCUT2D eigenvalue weighted by Crippen LogP contribution is 2.37. The van der Waals surface area contributed by atoms with Crippen molar-refractivity contribution in [3.05, 3.63) is 0 Å². The molecule has 0 amide bonds. The standard InChI is InChI=1S/C17H39N3/c1-11-20(15(6)18)17(9,10)16(7,8)12-19(13(2)3)14(4)5/h13-15H,11-12,18H2,1-10H3. The van der Waals surface area contributed by atoms with E-state index < -0.39 is 0 Å². The van der Waals surface area contributed by atoms with E-state index in [-0.39, 0.29) is 17.1 Å². The first kappa shape index (κ1) is 19.9. The third-order valence-corrected chi connectivity index (χ3v) is 5.11. The Morgan fingerprint density at radius 1 is 0.900 bits per heavy atom. The fourth-order valence-corrected chi connectivity index (χ4v) is 3.19. The number of nitrogens with two attached hydrogens (primary N) is 1. The summed E-state index contributed by atoms with van der Waals surface area (Å²) >= 11 is 0. The Morgan fingerprint density at radius 3 is 1.55 bits per heavy atom. The average Bonchev–Trinajstić information content (AvgIpc) is 2.24. The van der Waals surface area contributed by atoms with Crippen LogP contribution in [-0.2, 0) is 0 Å². The molecule has 122 valence electrons. The van der Waals surface area contributed by atoms with Crippen LogP contribution in [0, 0.1) is 5.41 Å². The lowest BCUT2D eigenvalue weighted by atomic mass is 9.72. The first-order valence-electron chi connectivity index (χ1n) is 8.16. The van der Waals surface area contributed by atoms with Crippen molar-refractivity contribution in [2.75, 3.05) is 13.1 Å². The highest BCUT2D eigenvalue weighted by atomic mass is 15.3. The summed E-state index contributed by atoms with van der Waals surface area (Å²) in [6.07, 6.45) is 0.0841. The van der Waals surface area contributed by atoms with Gasteiger partial charge < -0.3 is 5.73 Å². The fourth-order valence-electron chi connectivity index (χ4n) is 3.19. The predicted octanol–water partition coefficient (Wildman–Crippen LogP) is 3.54. The summed E-state index contributed by atoms with van der Waals surface area (Å²) in [4.78, 5) is 4.99. The summed E-state index contributed by atoms with van der Waals surface area (Å²) in [7, 11) is 0. The molecule has 0 spiro atoms. The molecule has 0 bridgehead atoms. The molecule has 0 saturated heterocycles. The monoisotopic (exact) mass is 285 g/mol. The second-order valence-corrected chi connectivity index (χ2v) is 7.83. The van der Waals surface area contributed by atoms with Gasteiger partial charge in [0, 0.05) is 24.2 Å². The molecule has 0 saturated carbocycles.